The summed E-state index contributed by atoms with van der Waals surface area (Å²) >= 11 is 0. The van der Waals surface area contributed by atoms with Gasteiger partial charge in [0.25, 0.3) is 5.91 Å². The number of methoxy groups -OCH3 is 1. The molecule has 2 amide bonds. The maximum absolute atomic E-state index is 11.5. The van der Waals surface area contributed by atoms with Gasteiger partial charge in [-0.05, 0) is 0 Å². The first-order valence-corrected chi connectivity index (χ1v) is 6.13. The average Bonchev–Trinajstić information content (AvgIpc) is 2.30. The van der Waals surface area contributed by atoms with E-state index in [0.717, 1.165) is 7.11 Å². The number of ether oxygens (including phenoxy) is 1. The third-order valence-corrected chi connectivity index (χ3v) is 3.25. The Morgan fingerprint density at radius 1 is 1.55 bits per heavy atom. The van der Waals surface area contributed by atoms with Gasteiger partial charge in [0.05, 0.1) is 13.2 Å². The molecule has 1 heterocycles. The largest absolute Gasteiger partial charge is 1.00 e. The molecule has 20 heavy (non-hydrogen) atoms. The zero-order valence-electron chi connectivity index (χ0n) is 10.5. The minimum atomic E-state index is -5.22. The number of carbonyl (C=O) groups is 3. The molecule has 104 valence electrons. The molecule has 1 N–H and O–H groups in total. The van der Waals surface area contributed by atoms with Crippen LogP contribution >= 0.6 is 0 Å². The molecule has 1 aliphatic heterocycles. The van der Waals surface area contributed by atoms with Gasteiger partial charge in [0, 0.05) is 0 Å². The molecule has 12 heteroatoms. The molecular weight excluding hydrogens is 305 g/mol. The molecule has 0 aromatic heterocycles. The van der Waals surface area contributed by atoms with Gasteiger partial charge in [-0.25, -0.2) is 17.5 Å². The zero-order valence-corrected chi connectivity index (χ0v) is 13.3. The van der Waals surface area contributed by atoms with Crippen LogP contribution in [0.2, 0.25) is 0 Å². The summed E-state index contributed by atoms with van der Waals surface area (Å²) in [4.78, 5) is 34.2. The van der Waals surface area contributed by atoms with Crippen molar-refractivity contribution < 1.29 is 61.6 Å². The van der Waals surface area contributed by atoms with Crippen LogP contribution in [0, 0.1) is 17.2 Å². The minimum Gasteiger partial charge on any atom is -0.731 e. The molecule has 1 saturated heterocycles. The number of nitriles is 1. The van der Waals surface area contributed by atoms with Crippen LogP contribution in [-0.2, 0) is 29.4 Å². The van der Waals surface area contributed by atoms with Gasteiger partial charge in [0.15, 0.2) is 16.3 Å². The standard InChI is InChI=1S/C8H9N3O7S.Na/c1-18-8(14)5-4(6(12)10-3-2-9)7(13)11(5)19(15,16)17;/h4-5H,3H2,1H3,(H,10,12)(H,15,16,17);/q;+1/p-1. The van der Waals surface area contributed by atoms with E-state index in [4.69, 9.17) is 5.26 Å². The molecule has 2 atom stereocenters. The minimum absolute atomic E-state index is 0. The van der Waals surface area contributed by atoms with Crippen molar-refractivity contribution in [3.05, 3.63) is 0 Å². The van der Waals surface area contributed by atoms with E-state index < -0.39 is 46.6 Å². The van der Waals surface area contributed by atoms with Crippen LogP contribution in [0.4, 0.5) is 0 Å². The van der Waals surface area contributed by atoms with Gasteiger partial charge in [-0.3, -0.25) is 9.59 Å². The molecule has 10 nitrogen and oxygen atoms in total. The number of amides is 2. The predicted molar refractivity (Wildman–Crippen MR) is 54.5 cm³/mol. The summed E-state index contributed by atoms with van der Waals surface area (Å²) in [7, 11) is -4.31. The Labute approximate surface area is 136 Å². The second-order valence-corrected chi connectivity index (χ2v) is 4.66. The van der Waals surface area contributed by atoms with Crippen molar-refractivity contribution in [1.82, 2.24) is 9.62 Å². The summed E-state index contributed by atoms with van der Waals surface area (Å²) in [6.07, 6.45) is 0. The molecule has 0 aliphatic carbocycles. The van der Waals surface area contributed by atoms with E-state index in [1.165, 1.54) is 0 Å². The number of rotatable bonds is 4. The first-order valence-electron chi connectivity index (χ1n) is 4.77. The smallest absolute Gasteiger partial charge is 0.731 e. The normalized spacial score (nSPS) is 21.1. The average molecular weight is 313 g/mol. The second kappa shape index (κ2) is 7.00. The van der Waals surface area contributed by atoms with Crippen LogP contribution < -0.4 is 34.9 Å². The van der Waals surface area contributed by atoms with E-state index >= 15 is 0 Å². The number of nitrogens with one attached hydrogen (secondary N) is 1. The van der Waals surface area contributed by atoms with Crippen molar-refractivity contribution >= 4 is 28.1 Å². The van der Waals surface area contributed by atoms with E-state index in [1.54, 1.807) is 6.07 Å². The Bertz CT molecular complexity index is 569. The third kappa shape index (κ3) is 3.47. The molecule has 0 radical (unpaired) electrons. The summed E-state index contributed by atoms with van der Waals surface area (Å²) in [6, 6.07) is -0.272. The molecule has 1 aliphatic rings. The maximum atomic E-state index is 11.5. The number of hydrogen-bond donors (Lipinski definition) is 1. The Balaban J connectivity index is 0.00000361. The fourth-order valence-corrected chi connectivity index (χ4v) is 2.38. The van der Waals surface area contributed by atoms with E-state index in [0.29, 0.717) is 0 Å². The number of β-lactam (4-membered cyclic amide) rings is 1. The second-order valence-electron chi connectivity index (χ2n) is 3.41. The van der Waals surface area contributed by atoms with Crippen molar-refractivity contribution in [1.29, 1.82) is 5.26 Å². The first-order chi connectivity index (χ1) is 8.75. The topological polar surface area (TPSA) is 157 Å². The van der Waals surface area contributed by atoms with Crippen molar-refractivity contribution in [3.63, 3.8) is 0 Å². The van der Waals surface area contributed by atoms with Crippen molar-refractivity contribution in [2.45, 2.75) is 6.04 Å². The Morgan fingerprint density at radius 3 is 2.50 bits per heavy atom. The van der Waals surface area contributed by atoms with Crippen LogP contribution in [0.15, 0.2) is 0 Å². The molecule has 0 saturated carbocycles. The van der Waals surface area contributed by atoms with Crippen molar-refractivity contribution in [2.75, 3.05) is 13.7 Å². The molecule has 0 aromatic rings. The monoisotopic (exact) mass is 313 g/mol. The van der Waals surface area contributed by atoms with Gasteiger partial charge in [-0.15, -0.1) is 0 Å². The number of esters is 1. The molecule has 2 unspecified atom stereocenters. The number of nitrogens with zero attached hydrogens (tertiary/aromatic N) is 2. The quantitative estimate of drug-likeness (QED) is 0.134. The van der Waals surface area contributed by atoms with Crippen LogP contribution in [0.1, 0.15) is 0 Å². The summed E-state index contributed by atoms with van der Waals surface area (Å²) in [6.45, 7) is -0.430. The van der Waals surface area contributed by atoms with Gasteiger partial charge < -0.3 is 14.6 Å². The summed E-state index contributed by atoms with van der Waals surface area (Å²) < 4.78 is 36.4. The van der Waals surface area contributed by atoms with E-state index in [1.807, 2.05) is 5.32 Å². The van der Waals surface area contributed by atoms with Gasteiger partial charge in [0.1, 0.15) is 12.5 Å². The predicted octanol–water partition coefficient (Wildman–Crippen LogP) is -5.91. The van der Waals surface area contributed by atoms with Gasteiger partial charge >= 0.3 is 35.5 Å². The van der Waals surface area contributed by atoms with E-state index in [2.05, 4.69) is 4.74 Å². The fourth-order valence-electron chi connectivity index (χ4n) is 1.56. The Kier molecular flexibility index (Phi) is 6.59. The first kappa shape index (κ1) is 18.8. The van der Waals surface area contributed by atoms with Gasteiger partial charge in [0.2, 0.25) is 5.91 Å². The van der Waals surface area contributed by atoms with Crippen LogP contribution in [-0.4, -0.2) is 54.8 Å². The van der Waals surface area contributed by atoms with Crippen LogP contribution in [0.5, 0.6) is 0 Å². The van der Waals surface area contributed by atoms with Gasteiger partial charge in [-0.2, -0.15) is 5.26 Å². The van der Waals surface area contributed by atoms with Crippen molar-refractivity contribution in [2.24, 2.45) is 5.92 Å². The van der Waals surface area contributed by atoms with Gasteiger partial charge in [-0.1, -0.05) is 0 Å². The Hall–Kier alpha value is -1.19. The van der Waals surface area contributed by atoms with E-state index in [9.17, 15) is 27.4 Å². The third-order valence-electron chi connectivity index (χ3n) is 2.36. The van der Waals surface area contributed by atoms with Crippen LogP contribution in [0.25, 0.3) is 0 Å². The summed E-state index contributed by atoms with van der Waals surface area (Å²) in [5, 5.41) is 10.3. The molecule has 1 rings (SSSR count). The Morgan fingerprint density at radius 2 is 2.10 bits per heavy atom. The van der Waals surface area contributed by atoms with E-state index in [-0.39, 0.29) is 33.9 Å². The molecule has 1 fully saturated rings. The van der Waals surface area contributed by atoms with Crippen LogP contribution in [0.3, 0.4) is 0 Å². The molecular formula is C8H8N3NaO7S. The number of carbonyl (C=O) groups excluding carboxylic acids is 3. The SMILES string of the molecule is COC(=O)C1C(C(=O)NCC#N)C(=O)N1S(=O)(=O)[O-].[Na+]. The molecule has 0 aromatic carbocycles. The molecule has 0 bridgehead atoms. The summed E-state index contributed by atoms with van der Waals surface area (Å²) in [5.41, 5.74) is 0. The summed E-state index contributed by atoms with van der Waals surface area (Å²) in [5.74, 6) is -5.26. The van der Waals surface area contributed by atoms with Crippen molar-refractivity contribution in [3.8, 4) is 6.07 Å². The zero-order chi connectivity index (χ0) is 14.8. The fraction of sp³-hybridized carbons (Fsp3) is 0.500. The number of hydrogen-bond acceptors (Lipinski definition) is 8. The molecule has 0 spiro atoms. The maximum Gasteiger partial charge on any atom is 1.00 e.